The minimum Gasteiger partial charge on any atom is -0.460 e. The van der Waals surface area contributed by atoms with Crippen molar-refractivity contribution in [3.05, 3.63) is 72.9 Å². The SMILES string of the molecule is C[C@@H]1CCCC=CC=C[C@H](O)C[C@@H](O)CC=CC=C[C@@H](O[C@H]2O[C@@H](CO)[C@H](O)[C@@H](O)[C@@H]2O)C/C=C\C=CC(=O)O1. The Balaban J connectivity index is 2.12. The van der Waals surface area contributed by atoms with Gasteiger partial charge in [-0.1, -0.05) is 66.8 Å². The summed E-state index contributed by atoms with van der Waals surface area (Å²) in [6.45, 7) is 1.26. The average molecular weight is 565 g/mol. The first-order valence-corrected chi connectivity index (χ1v) is 13.7. The minimum absolute atomic E-state index is 0.183. The van der Waals surface area contributed by atoms with Crippen molar-refractivity contribution >= 4 is 5.97 Å². The lowest BCUT2D eigenvalue weighted by Gasteiger charge is -2.40. The summed E-state index contributed by atoms with van der Waals surface area (Å²) in [5, 5.41) is 60.2. The summed E-state index contributed by atoms with van der Waals surface area (Å²) in [5.74, 6) is -0.458. The Morgan fingerprint density at radius 1 is 0.875 bits per heavy atom. The third-order valence-corrected chi connectivity index (χ3v) is 6.38. The van der Waals surface area contributed by atoms with Gasteiger partial charge in [-0.3, -0.25) is 0 Å². The van der Waals surface area contributed by atoms with E-state index in [9.17, 15) is 35.4 Å². The van der Waals surface area contributed by atoms with Crippen LogP contribution in [0, 0.1) is 0 Å². The fourth-order valence-corrected chi connectivity index (χ4v) is 4.10. The molecule has 1 fully saturated rings. The van der Waals surface area contributed by atoms with E-state index in [1.165, 1.54) is 6.08 Å². The highest BCUT2D eigenvalue weighted by Gasteiger charge is 2.44. The molecule has 1 saturated heterocycles. The van der Waals surface area contributed by atoms with Crippen LogP contribution in [0.15, 0.2) is 72.9 Å². The average Bonchev–Trinajstić information content (AvgIpc) is 2.91. The lowest BCUT2D eigenvalue weighted by Crippen LogP contribution is -2.59. The molecule has 0 spiro atoms. The molecule has 0 bridgehead atoms. The van der Waals surface area contributed by atoms with Crippen LogP contribution in [0.5, 0.6) is 0 Å². The number of rotatable bonds is 3. The first-order valence-electron chi connectivity index (χ1n) is 13.7. The third kappa shape index (κ3) is 12.8. The monoisotopic (exact) mass is 564 g/mol. The van der Waals surface area contributed by atoms with Crippen LogP contribution in [0.4, 0.5) is 0 Å². The molecule has 2 heterocycles. The van der Waals surface area contributed by atoms with Crippen LogP contribution >= 0.6 is 0 Å². The summed E-state index contributed by atoms with van der Waals surface area (Å²) in [7, 11) is 0. The zero-order chi connectivity index (χ0) is 29.3. The second kappa shape index (κ2) is 18.8. The van der Waals surface area contributed by atoms with Crippen molar-refractivity contribution in [1.29, 1.82) is 0 Å². The maximum absolute atomic E-state index is 12.1. The maximum atomic E-state index is 12.1. The summed E-state index contributed by atoms with van der Waals surface area (Å²) in [6, 6.07) is 0. The molecule has 9 atom stereocenters. The molecule has 0 unspecified atom stereocenters. The molecule has 2 rings (SSSR count). The van der Waals surface area contributed by atoms with Gasteiger partial charge in [0.15, 0.2) is 6.29 Å². The Kier molecular flexibility index (Phi) is 15.9. The highest BCUT2D eigenvalue weighted by atomic mass is 16.7. The van der Waals surface area contributed by atoms with Crippen LogP contribution in [0.25, 0.3) is 0 Å². The molecule has 0 aliphatic carbocycles. The van der Waals surface area contributed by atoms with Crippen molar-refractivity contribution in [3.8, 4) is 0 Å². The zero-order valence-electron chi connectivity index (χ0n) is 22.9. The molecule has 10 nitrogen and oxygen atoms in total. The van der Waals surface area contributed by atoms with Gasteiger partial charge >= 0.3 is 5.97 Å². The number of cyclic esters (lactones) is 1. The van der Waals surface area contributed by atoms with Crippen molar-refractivity contribution < 1.29 is 49.6 Å². The number of hydrogen-bond donors (Lipinski definition) is 6. The van der Waals surface area contributed by atoms with Crippen LogP contribution in [-0.2, 0) is 19.0 Å². The summed E-state index contributed by atoms with van der Waals surface area (Å²) < 4.78 is 16.7. The van der Waals surface area contributed by atoms with E-state index in [0.29, 0.717) is 19.3 Å². The lowest BCUT2D eigenvalue weighted by molar-refractivity contribution is -0.307. The van der Waals surface area contributed by atoms with Gasteiger partial charge < -0.3 is 44.8 Å². The van der Waals surface area contributed by atoms with E-state index in [4.69, 9.17) is 14.2 Å². The number of carbonyl (C=O) groups excluding carboxylic acids is 1. The number of aliphatic hydroxyl groups excluding tert-OH is 6. The van der Waals surface area contributed by atoms with Crippen molar-refractivity contribution in [2.45, 2.75) is 101 Å². The highest BCUT2D eigenvalue weighted by molar-refractivity contribution is 5.82. The topological polar surface area (TPSA) is 166 Å². The van der Waals surface area contributed by atoms with Gasteiger partial charge in [0, 0.05) is 12.5 Å². The summed E-state index contributed by atoms with van der Waals surface area (Å²) in [6.07, 6.45) is 13.9. The Morgan fingerprint density at radius 2 is 1.57 bits per heavy atom. The van der Waals surface area contributed by atoms with E-state index in [1.807, 2.05) is 19.1 Å². The molecule has 2 aliphatic heterocycles. The molecule has 2 aliphatic rings. The minimum atomic E-state index is -1.57. The third-order valence-electron chi connectivity index (χ3n) is 6.38. The molecule has 224 valence electrons. The van der Waals surface area contributed by atoms with Crippen molar-refractivity contribution in [3.63, 3.8) is 0 Å². The fraction of sp³-hybridized carbons (Fsp3) is 0.567. The first-order chi connectivity index (χ1) is 19.2. The molecular weight excluding hydrogens is 520 g/mol. The molecule has 0 aromatic heterocycles. The lowest BCUT2D eigenvalue weighted by atomic mass is 9.99. The second-order valence-corrected chi connectivity index (χ2v) is 9.89. The van der Waals surface area contributed by atoms with Crippen LogP contribution in [0.3, 0.4) is 0 Å². The van der Waals surface area contributed by atoms with E-state index in [-0.39, 0.29) is 12.5 Å². The molecule has 0 radical (unpaired) electrons. The number of aliphatic hydroxyl groups is 6. The Morgan fingerprint density at radius 3 is 2.35 bits per heavy atom. The summed E-state index contributed by atoms with van der Waals surface area (Å²) in [4.78, 5) is 12.1. The first kappa shape index (κ1) is 33.8. The van der Waals surface area contributed by atoms with Gasteiger partial charge in [0.1, 0.15) is 24.4 Å². The van der Waals surface area contributed by atoms with Gasteiger partial charge in [-0.05, 0) is 39.0 Å². The molecule has 0 aromatic carbocycles. The van der Waals surface area contributed by atoms with E-state index in [0.717, 1.165) is 12.8 Å². The predicted octanol–water partition coefficient (Wildman–Crippen LogP) is 1.52. The van der Waals surface area contributed by atoms with Crippen LogP contribution in [0.1, 0.15) is 45.4 Å². The smallest absolute Gasteiger partial charge is 0.331 e. The van der Waals surface area contributed by atoms with Crippen LogP contribution in [0.2, 0.25) is 0 Å². The Bertz CT molecular complexity index is 906. The largest absolute Gasteiger partial charge is 0.460 e. The number of esters is 1. The van der Waals surface area contributed by atoms with Crippen LogP contribution in [-0.4, -0.2) is 98.3 Å². The summed E-state index contributed by atoms with van der Waals surface area (Å²) >= 11 is 0. The zero-order valence-corrected chi connectivity index (χ0v) is 22.9. The van der Waals surface area contributed by atoms with Gasteiger partial charge in [-0.2, -0.15) is 0 Å². The van der Waals surface area contributed by atoms with E-state index in [1.54, 1.807) is 54.7 Å². The highest BCUT2D eigenvalue weighted by Crippen LogP contribution is 2.24. The number of allylic oxidation sites excluding steroid dienone is 7. The fourth-order valence-electron chi connectivity index (χ4n) is 4.10. The molecular formula is C30H44O10. The van der Waals surface area contributed by atoms with E-state index in [2.05, 4.69) is 0 Å². The quantitative estimate of drug-likeness (QED) is 0.277. The van der Waals surface area contributed by atoms with Gasteiger partial charge in [0.05, 0.1) is 31.0 Å². The van der Waals surface area contributed by atoms with Gasteiger partial charge in [0.25, 0.3) is 0 Å². The number of hydrogen-bond acceptors (Lipinski definition) is 10. The van der Waals surface area contributed by atoms with Crippen molar-refractivity contribution in [2.75, 3.05) is 6.61 Å². The molecule has 6 N–H and O–H groups in total. The van der Waals surface area contributed by atoms with Gasteiger partial charge in [-0.25, -0.2) is 4.79 Å². The number of ether oxygens (including phenoxy) is 3. The van der Waals surface area contributed by atoms with Crippen molar-refractivity contribution in [1.82, 2.24) is 0 Å². The molecule has 0 saturated carbocycles. The van der Waals surface area contributed by atoms with E-state index >= 15 is 0 Å². The molecule has 40 heavy (non-hydrogen) atoms. The van der Waals surface area contributed by atoms with Gasteiger partial charge in [-0.15, -0.1) is 0 Å². The normalized spacial score (nSPS) is 36.6. The predicted molar refractivity (Wildman–Crippen MR) is 149 cm³/mol. The Hall–Kier alpha value is -2.41. The number of carbonyl (C=O) groups is 1. The molecule has 10 heteroatoms. The van der Waals surface area contributed by atoms with E-state index < -0.39 is 61.6 Å². The Labute approximate surface area is 235 Å². The second-order valence-electron chi connectivity index (χ2n) is 9.89. The maximum Gasteiger partial charge on any atom is 0.331 e. The standard InChI is InChI=1S/C30H44O10/c1-21-13-7-3-2-4-8-14-22(32)19-23(33)15-9-5-10-16-24(17-11-6-12-18-26(34)38-21)39-30-29(37)28(36)27(35)25(20-31)40-30/h2,4-6,8-12,14,16,18,21-25,27-33,35-37H,3,7,13,15,17,19-20H2,1H3/b4-2?,9-5?,11-6-,14-8?,16-10?,18-12?/t21-,22+,23+,24-,25+,27+,28-,29+,30+/m1/s1. The molecule has 0 amide bonds. The van der Waals surface area contributed by atoms with Crippen molar-refractivity contribution in [2.24, 2.45) is 0 Å². The molecule has 0 aromatic rings. The van der Waals surface area contributed by atoms with Crippen LogP contribution < -0.4 is 0 Å². The summed E-state index contributed by atoms with van der Waals surface area (Å²) in [5.41, 5.74) is 0. The van der Waals surface area contributed by atoms with Gasteiger partial charge in [0.2, 0.25) is 0 Å².